The second kappa shape index (κ2) is 5.57. The SMILES string of the molecule is CC1CCC(CC(CBr)C2CCS(=O)(=O)C2)O1. The van der Waals surface area contributed by atoms with Crippen LogP contribution in [0.5, 0.6) is 0 Å². The third kappa shape index (κ3) is 3.67. The molecule has 100 valence electrons. The molecule has 3 nitrogen and oxygen atoms in total. The molecule has 0 saturated carbocycles. The molecule has 2 heterocycles. The zero-order valence-corrected chi connectivity index (χ0v) is 12.7. The molecule has 4 atom stereocenters. The van der Waals surface area contributed by atoms with Crippen molar-refractivity contribution in [2.24, 2.45) is 11.8 Å². The molecule has 0 aliphatic carbocycles. The highest BCUT2D eigenvalue weighted by atomic mass is 79.9. The van der Waals surface area contributed by atoms with Crippen LogP contribution >= 0.6 is 15.9 Å². The standard InChI is InChI=1S/C12H21BrO3S/c1-9-2-3-12(16-9)6-11(7-13)10-4-5-17(14,15)8-10/h9-12H,2-8H2,1H3. The number of rotatable bonds is 4. The van der Waals surface area contributed by atoms with Crippen molar-refractivity contribution in [1.29, 1.82) is 0 Å². The fourth-order valence-corrected chi connectivity index (χ4v) is 5.69. The zero-order chi connectivity index (χ0) is 12.5. The van der Waals surface area contributed by atoms with Gasteiger partial charge in [0, 0.05) is 5.33 Å². The smallest absolute Gasteiger partial charge is 0.150 e. The summed E-state index contributed by atoms with van der Waals surface area (Å²) in [6.45, 7) is 2.11. The van der Waals surface area contributed by atoms with Crippen LogP contribution in [0, 0.1) is 11.8 Å². The number of hydrogen-bond acceptors (Lipinski definition) is 3. The van der Waals surface area contributed by atoms with Crippen molar-refractivity contribution in [3.05, 3.63) is 0 Å². The lowest BCUT2D eigenvalue weighted by atomic mass is 9.88. The van der Waals surface area contributed by atoms with E-state index in [2.05, 4.69) is 22.9 Å². The third-order valence-corrected chi connectivity index (χ3v) is 6.64. The second-order valence-electron chi connectivity index (χ2n) is 5.46. The molecule has 2 fully saturated rings. The van der Waals surface area contributed by atoms with Crippen molar-refractivity contribution in [2.75, 3.05) is 16.8 Å². The van der Waals surface area contributed by atoms with E-state index in [1.807, 2.05) is 0 Å². The first-order valence-corrected chi connectivity index (χ1v) is 9.36. The lowest BCUT2D eigenvalue weighted by molar-refractivity contribution is 0.0383. The molecule has 0 aromatic carbocycles. The maximum absolute atomic E-state index is 11.5. The van der Waals surface area contributed by atoms with E-state index in [0.717, 1.165) is 31.0 Å². The van der Waals surface area contributed by atoms with Gasteiger partial charge in [-0.1, -0.05) is 15.9 Å². The van der Waals surface area contributed by atoms with Gasteiger partial charge in [-0.05, 0) is 44.4 Å². The monoisotopic (exact) mass is 324 g/mol. The molecule has 2 aliphatic heterocycles. The first-order chi connectivity index (χ1) is 8.00. The number of hydrogen-bond donors (Lipinski definition) is 0. The summed E-state index contributed by atoms with van der Waals surface area (Å²) >= 11 is 3.54. The third-order valence-electron chi connectivity index (χ3n) is 4.02. The molecule has 4 unspecified atom stereocenters. The predicted molar refractivity (Wildman–Crippen MR) is 72.2 cm³/mol. The zero-order valence-electron chi connectivity index (χ0n) is 10.3. The molecule has 0 N–H and O–H groups in total. The van der Waals surface area contributed by atoms with Gasteiger partial charge in [0.25, 0.3) is 0 Å². The molecule has 0 spiro atoms. The van der Waals surface area contributed by atoms with E-state index in [9.17, 15) is 8.42 Å². The lowest BCUT2D eigenvalue weighted by Crippen LogP contribution is -2.23. The molecule has 5 heteroatoms. The summed E-state index contributed by atoms with van der Waals surface area (Å²) in [5, 5.41) is 0.890. The number of ether oxygens (including phenoxy) is 1. The van der Waals surface area contributed by atoms with Crippen molar-refractivity contribution in [1.82, 2.24) is 0 Å². The highest BCUT2D eigenvalue weighted by Crippen LogP contribution is 2.33. The van der Waals surface area contributed by atoms with Gasteiger partial charge in [-0.15, -0.1) is 0 Å². The maximum atomic E-state index is 11.5. The summed E-state index contributed by atoms with van der Waals surface area (Å²) in [5.41, 5.74) is 0. The Morgan fingerprint density at radius 1 is 1.35 bits per heavy atom. The Labute approximate surface area is 112 Å². The van der Waals surface area contributed by atoms with E-state index in [1.54, 1.807) is 0 Å². The van der Waals surface area contributed by atoms with Gasteiger partial charge < -0.3 is 4.74 Å². The van der Waals surface area contributed by atoms with Crippen molar-refractivity contribution < 1.29 is 13.2 Å². The van der Waals surface area contributed by atoms with Crippen LogP contribution in [-0.4, -0.2) is 37.5 Å². The van der Waals surface area contributed by atoms with Crippen LogP contribution in [0.4, 0.5) is 0 Å². The van der Waals surface area contributed by atoms with Crippen LogP contribution in [0.1, 0.15) is 32.6 Å². The fourth-order valence-electron chi connectivity index (χ4n) is 2.97. The topological polar surface area (TPSA) is 43.4 Å². The van der Waals surface area contributed by atoms with E-state index in [1.165, 1.54) is 0 Å². The maximum Gasteiger partial charge on any atom is 0.150 e. The molecule has 0 aromatic rings. The van der Waals surface area contributed by atoms with Gasteiger partial charge in [-0.25, -0.2) is 8.42 Å². The Bertz CT molecular complexity index is 355. The normalized spacial score (nSPS) is 38.4. The molecule has 17 heavy (non-hydrogen) atoms. The van der Waals surface area contributed by atoms with E-state index < -0.39 is 9.84 Å². The van der Waals surface area contributed by atoms with E-state index in [4.69, 9.17) is 4.74 Å². The average Bonchev–Trinajstić information content (AvgIpc) is 2.81. The molecule has 0 radical (unpaired) electrons. The van der Waals surface area contributed by atoms with Crippen molar-refractivity contribution in [2.45, 2.75) is 44.8 Å². The number of halogens is 1. The van der Waals surface area contributed by atoms with Crippen LogP contribution in [0.2, 0.25) is 0 Å². The summed E-state index contributed by atoms with van der Waals surface area (Å²) in [6, 6.07) is 0. The quantitative estimate of drug-likeness (QED) is 0.746. The molecule has 2 rings (SSSR count). The minimum Gasteiger partial charge on any atom is -0.375 e. The molecular formula is C12H21BrO3S. The predicted octanol–water partition coefficient (Wildman–Crippen LogP) is 2.39. The van der Waals surface area contributed by atoms with Gasteiger partial charge in [-0.3, -0.25) is 0 Å². The van der Waals surface area contributed by atoms with Crippen LogP contribution in [0.3, 0.4) is 0 Å². The minimum absolute atomic E-state index is 0.332. The van der Waals surface area contributed by atoms with E-state index in [-0.39, 0.29) is 0 Å². The van der Waals surface area contributed by atoms with Gasteiger partial charge in [-0.2, -0.15) is 0 Å². The van der Waals surface area contributed by atoms with Gasteiger partial charge in [0.1, 0.15) is 0 Å². The molecular weight excluding hydrogens is 304 g/mol. The molecule has 0 aromatic heterocycles. The van der Waals surface area contributed by atoms with Crippen molar-refractivity contribution >= 4 is 25.8 Å². The fraction of sp³-hybridized carbons (Fsp3) is 1.00. The summed E-state index contributed by atoms with van der Waals surface area (Å²) in [6.07, 6.45) is 4.84. The number of alkyl halides is 1. The first-order valence-electron chi connectivity index (χ1n) is 6.42. The number of sulfone groups is 1. The van der Waals surface area contributed by atoms with Crippen molar-refractivity contribution in [3.63, 3.8) is 0 Å². The average molecular weight is 325 g/mol. The van der Waals surface area contributed by atoms with Gasteiger partial charge in [0.2, 0.25) is 0 Å². The Hall–Kier alpha value is 0.390. The first kappa shape index (κ1) is 13.8. The van der Waals surface area contributed by atoms with Crippen molar-refractivity contribution in [3.8, 4) is 0 Å². The highest BCUT2D eigenvalue weighted by molar-refractivity contribution is 9.09. The molecule has 2 aliphatic rings. The summed E-state index contributed by atoms with van der Waals surface area (Å²) in [4.78, 5) is 0. The minimum atomic E-state index is -2.76. The van der Waals surface area contributed by atoms with Gasteiger partial charge in [0.15, 0.2) is 9.84 Å². The Kier molecular flexibility index (Phi) is 4.53. The molecule has 0 amide bonds. The van der Waals surface area contributed by atoms with Gasteiger partial charge >= 0.3 is 0 Å². The van der Waals surface area contributed by atoms with E-state index >= 15 is 0 Å². The lowest BCUT2D eigenvalue weighted by Gasteiger charge is -2.23. The van der Waals surface area contributed by atoms with E-state index in [0.29, 0.717) is 35.5 Å². The van der Waals surface area contributed by atoms with Gasteiger partial charge in [0.05, 0.1) is 23.7 Å². The Balaban J connectivity index is 1.89. The molecule has 2 saturated heterocycles. The van der Waals surface area contributed by atoms with Crippen LogP contribution in [0.25, 0.3) is 0 Å². The summed E-state index contributed by atoms with van der Waals surface area (Å²) < 4.78 is 28.8. The van der Waals surface area contributed by atoms with Crippen LogP contribution < -0.4 is 0 Å². The summed E-state index contributed by atoms with van der Waals surface area (Å²) in [5.74, 6) is 1.54. The van der Waals surface area contributed by atoms with Crippen LogP contribution in [0.15, 0.2) is 0 Å². The Morgan fingerprint density at radius 2 is 2.12 bits per heavy atom. The highest BCUT2D eigenvalue weighted by Gasteiger charge is 2.35. The molecule has 0 bridgehead atoms. The largest absolute Gasteiger partial charge is 0.375 e. The Morgan fingerprint density at radius 3 is 2.59 bits per heavy atom. The van der Waals surface area contributed by atoms with Crippen LogP contribution in [-0.2, 0) is 14.6 Å². The second-order valence-corrected chi connectivity index (χ2v) is 8.34. The summed E-state index contributed by atoms with van der Waals surface area (Å²) in [7, 11) is -2.76.